The van der Waals surface area contributed by atoms with Gasteiger partial charge in [-0.1, -0.05) is 31.4 Å². The zero-order valence-corrected chi connectivity index (χ0v) is 14.1. The van der Waals surface area contributed by atoms with Crippen LogP contribution in [0.2, 0.25) is 0 Å². The molecule has 126 valence electrons. The van der Waals surface area contributed by atoms with Crippen molar-refractivity contribution < 1.29 is 9.53 Å². The molecule has 1 aliphatic heterocycles. The van der Waals surface area contributed by atoms with Crippen molar-refractivity contribution in [2.75, 3.05) is 26.2 Å². The number of para-hydroxylation sites is 1. The Labute approximate surface area is 140 Å². The number of carbonyl (C=O) groups excluding carboxylic acids is 1. The molecule has 3 nitrogen and oxygen atoms in total. The first-order chi connectivity index (χ1) is 11.3. The van der Waals surface area contributed by atoms with Crippen molar-refractivity contribution in [1.82, 2.24) is 4.90 Å². The summed E-state index contributed by atoms with van der Waals surface area (Å²) < 4.78 is 5.96. The molecule has 1 saturated carbocycles. The Morgan fingerprint density at radius 3 is 2.57 bits per heavy atom. The van der Waals surface area contributed by atoms with Crippen molar-refractivity contribution in [1.29, 1.82) is 0 Å². The fourth-order valence-corrected chi connectivity index (χ4v) is 3.86. The smallest absolute Gasteiger partial charge is 0.169 e. The van der Waals surface area contributed by atoms with Gasteiger partial charge in [-0.3, -0.25) is 4.79 Å². The van der Waals surface area contributed by atoms with Crippen molar-refractivity contribution in [3.63, 3.8) is 0 Å². The molecule has 0 aromatic heterocycles. The number of carbonyl (C=O) groups is 1. The van der Waals surface area contributed by atoms with Crippen LogP contribution in [0.1, 0.15) is 61.7 Å². The number of ether oxygens (including phenoxy) is 1. The third-order valence-electron chi connectivity index (χ3n) is 5.20. The van der Waals surface area contributed by atoms with E-state index in [4.69, 9.17) is 4.74 Å². The van der Waals surface area contributed by atoms with E-state index in [0.717, 1.165) is 37.1 Å². The Morgan fingerprint density at radius 2 is 1.78 bits per heavy atom. The second kappa shape index (κ2) is 8.49. The average molecular weight is 315 g/mol. The maximum Gasteiger partial charge on any atom is 0.169 e. The van der Waals surface area contributed by atoms with Gasteiger partial charge in [0, 0.05) is 12.5 Å². The number of likely N-dealkylation sites (tertiary alicyclic amines) is 1. The minimum atomic E-state index is 0.216. The first-order valence-corrected chi connectivity index (χ1v) is 9.33. The van der Waals surface area contributed by atoms with Gasteiger partial charge >= 0.3 is 0 Å². The minimum absolute atomic E-state index is 0.216. The van der Waals surface area contributed by atoms with Crippen LogP contribution < -0.4 is 4.74 Å². The van der Waals surface area contributed by atoms with Crippen LogP contribution in [0.3, 0.4) is 0 Å². The lowest BCUT2D eigenvalue weighted by Gasteiger charge is -2.26. The third kappa shape index (κ3) is 4.57. The van der Waals surface area contributed by atoms with Gasteiger partial charge in [0.15, 0.2) is 5.78 Å². The summed E-state index contributed by atoms with van der Waals surface area (Å²) in [5, 5.41) is 0. The normalized spacial score (nSPS) is 19.8. The molecule has 3 rings (SSSR count). The molecule has 3 heteroatoms. The van der Waals surface area contributed by atoms with Crippen LogP contribution >= 0.6 is 0 Å². The van der Waals surface area contributed by atoms with E-state index in [9.17, 15) is 4.79 Å². The Kier molecular flexibility index (Phi) is 6.09. The highest BCUT2D eigenvalue weighted by Crippen LogP contribution is 2.31. The van der Waals surface area contributed by atoms with Crippen molar-refractivity contribution in [3.05, 3.63) is 29.8 Å². The fraction of sp³-hybridized carbons (Fsp3) is 0.650. The van der Waals surface area contributed by atoms with Crippen molar-refractivity contribution in [3.8, 4) is 5.75 Å². The van der Waals surface area contributed by atoms with E-state index in [0.29, 0.717) is 6.61 Å². The first-order valence-electron chi connectivity index (χ1n) is 9.33. The van der Waals surface area contributed by atoms with Gasteiger partial charge in [-0.2, -0.15) is 0 Å². The molecule has 23 heavy (non-hydrogen) atoms. The lowest BCUT2D eigenvalue weighted by molar-refractivity contribution is 0.0918. The topological polar surface area (TPSA) is 29.5 Å². The number of Topliss-reactive ketones (excluding diaryl/α,β-unsaturated/α-hetero) is 1. The predicted octanol–water partition coefficient (Wildman–Crippen LogP) is 4.31. The lowest BCUT2D eigenvalue weighted by Crippen LogP contribution is -2.31. The van der Waals surface area contributed by atoms with Gasteiger partial charge in [0.05, 0.1) is 12.2 Å². The summed E-state index contributed by atoms with van der Waals surface area (Å²) in [5.74, 6) is 1.28. The number of hydrogen-bond donors (Lipinski definition) is 0. The van der Waals surface area contributed by atoms with Gasteiger partial charge in [0.1, 0.15) is 5.75 Å². The maximum absolute atomic E-state index is 12.7. The molecule has 0 radical (unpaired) electrons. The quantitative estimate of drug-likeness (QED) is 0.554. The largest absolute Gasteiger partial charge is 0.493 e. The predicted molar refractivity (Wildman–Crippen MR) is 93.1 cm³/mol. The summed E-state index contributed by atoms with van der Waals surface area (Å²) in [4.78, 5) is 15.2. The average Bonchev–Trinajstić information content (AvgIpc) is 3.14. The number of nitrogens with zero attached hydrogens (tertiary/aromatic N) is 1. The minimum Gasteiger partial charge on any atom is -0.493 e. The summed E-state index contributed by atoms with van der Waals surface area (Å²) in [5.41, 5.74) is 0.789. The maximum atomic E-state index is 12.7. The van der Waals surface area contributed by atoms with Crippen LogP contribution in [0.5, 0.6) is 5.75 Å². The van der Waals surface area contributed by atoms with Crippen LogP contribution in [-0.2, 0) is 0 Å². The summed E-state index contributed by atoms with van der Waals surface area (Å²) >= 11 is 0. The number of rotatable bonds is 7. The molecule has 0 bridgehead atoms. The van der Waals surface area contributed by atoms with Gasteiger partial charge in [0.2, 0.25) is 0 Å². The van der Waals surface area contributed by atoms with Crippen LogP contribution in [0.4, 0.5) is 0 Å². The van der Waals surface area contributed by atoms with Crippen molar-refractivity contribution in [2.45, 2.75) is 51.4 Å². The number of ketones is 1. The molecule has 2 aliphatic rings. The molecule has 0 N–H and O–H groups in total. The van der Waals surface area contributed by atoms with E-state index in [1.54, 1.807) is 0 Å². The molecule has 1 aliphatic carbocycles. The van der Waals surface area contributed by atoms with Crippen LogP contribution in [-0.4, -0.2) is 36.9 Å². The second-order valence-electron chi connectivity index (χ2n) is 6.95. The number of piperidine rings is 1. The molecule has 1 saturated heterocycles. The van der Waals surface area contributed by atoms with Crippen molar-refractivity contribution >= 4 is 5.78 Å². The highest BCUT2D eigenvalue weighted by Gasteiger charge is 2.25. The third-order valence-corrected chi connectivity index (χ3v) is 5.20. The molecular formula is C20H29NO2. The molecule has 2 fully saturated rings. The van der Waals surface area contributed by atoms with Crippen LogP contribution in [0.25, 0.3) is 0 Å². The molecule has 1 aromatic rings. The van der Waals surface area contributed by atoms with Gasteiger partial charge < -0.3 is 9.64 Å². The highest BCUT2D eigenvalue weighted by atomic mass is 16.5. The standard InChI is InChI=1S/C20H29NO2/c22-20(17-9-2-3-10-17)18-11-4-5-12-19(18)23-16-8-15-21-13-6-1-7-14-21/h4-5,11-12,17H,1-3,6-10,13-16H2. The Balaban J connectivity index is 1.50. The van der Waals surface area contributed by atoms with Gasteiger partial charge in [0.25, 0.3) is 0 Å². The Hall–Kier alpha value is -1.35. The molecular weight excluding hydrogens is 286 g/mol. The van der Waals surface area contributed by atoms with Gasteiger partial charge in [-0.15, -0.1) is 0 Å². The second-order valence-corrected chi connectivity index (χ2v) is 6.95. The Bertz CT molecular complexity index is 502. The number of benzene rings is 1. The summed E-state index contributed by atoms with van der Waals surface area (Å²) in [6.07, 6.45) is 9.55. The zero-order valence-electron chi connectivity index (χ0n) is 14.1. The van der Waals surface area contributed by atoms with E-state index in [2.05, 4.69) is 4.90 Å². The molecule has 0 atom stereocenters. The molecule has 0 unspecified atom stereocenters. The molecule has 0 amide bonds. The summed E-state index contributed by atoms with van der Waals surface area (Å²) in [6, 6.07) is 7.79. The van der Waals surface area contributed by atoms with E-state index in [1.807, 2.05) is 24.3 Å². The summed E-state index contributed by atoms with van der Waals surface area (Å²) in [6.45, 7) is 4.28. The summed E-state index contributed by atoms with van der Waals surface area (Å²) in [7, 11) is 0. The molecule has 1 heterocycles. The first kappa shape index (κ1) is 16.5. The number of hydrogen-bond acceptors (Lipinski definition) is 3. The van der Waals surface area contributed by atoms with Crippen molar-refractivity contribution in [2.24, 2.45) is 5.92 Å². The monoisotopic (exact) mass is 315 g/mol. The van der Waals surface area contributed by atoms with Crippen LogP contribution in [0.15, 0.2) is 24.3 Å². The molecule has 1 aromatic carbocycles. The van der Waals surface area contributed by atoms with Crippen LogP contribution in [0, 0.1) is 5.92 Å². The van der Waals surface area contributed by atoms with Gasteiger partial charge in [-0.25, -0.2) is 0 Å². The van der Waals surface area contributed by atoms with Gasteiger partial charge in [-0.05, 0) is 57.3 Å². The fourth-order valence-electron chi connectivity index (χ4n) is 3.86. The highest BCUT2D eigenvalue weighted by molar-refractivity contribution is 6.00. The lowest BCUT2D eigenvalue weighted by atomic mass is 9.96. The van der Waals surface area contributed by atoms with E-state index >= 15 is 0 Å². The zero-order chi connectivity index (χ0) is 15.9. The SMILES string of the molecule is O=C(c1ccccc1OCCCN1CCCCC1)C1CCCC1. The Morgan fingerprint density at radius 1 is 1.04 bits per heavy atom. The molecule has 0 spiro atoms. The van der Waals surface area contributed by atoms with E-state index < -0.39 is 0 Å². The van der Waals surface area contributed by atoms with E-state index in [1.165, 1.54) is 45.2 Å². The van der Waals surface area contributed by atoms with E-state index in [-0.39, 0.29) is 11.7 Å².